The highest BCUT2D eigenvalue weighted by Gasteiger charge is 2.18. The summed E-state index contributed by atoms with van der Waals surface area (Å²) in [6.45, 7) is 6.79. The molecule has 0 aliphatic carbocycles. The van der Waals surface area contributed by atoms with E-state index in [4.69, 9.17) is 21.8 Å². The van der Waals surface area contributed by atoms with E-state index < -0.39 is 0 Å². The third kappa shape index (κ3) is 2.85. The molecule has 1 unspecified atom stereocenters. The van der Waals surface area contributed by atoms with Crippen LogP contribution < -0.4 is 5.73 Å². The van der Waals surface area contributed by atoms with Crippen LogP contribution in [0, 0.1) is 6.92 Å². The summed E-state index contributed by atoms with van der Waals surface area (Å²) in [7, 11) is 0. The number of rotatable bonds is 5. The number of hydrogen-bond donors (Lipinski definition) is 1. The van der Waals surface area contributed by atoms with E-state index in [9.17, 15) is 0 Å². The zero-order chi connectivity index (χ0) is 14.0. The molecule has 0 fully saturated rings. The first-order chi connectivity index (χ1) is 9.06. The molecule has 104 valence electrons. The average Bonchev–Trinajstić information content (AvgIpc) is 2.98. The summed E-state index contributed by atoms with van der Waals surface area (Å²) in [5.41, 5.74) is 8.03. The maximum absolute atomic E-state index is 6.29. The van der Waals surface area contributed by atoms with Crippen molar-refractivity contribution in [1.82, 2.24) is 9.78 Å². The number of nitrogens with zero attached hydrogens (tertiary/aromatic N) is 2. The van der Waals surface area contributed by atoms with Crippen molar-refractivity contribution in [3.05, 3.63) is 40.1 Å². The SMILES string of the molecule is CCc1ccc(C(N)Cc2c(Cl)c(C)nn2CC)o1. The van der Waals surface area contributed by atoms with Gasteiger partial charge in [-0.1, -0.05) is 18.5 Å². The van der Waals surface area contributed by atoms with Crippen LogP contribution in [0.25, 0.3) is 0 Å². The van der Waals surface area contributed by atoms with Crippen molar-refractivity contribution in [3.8, 4) is 0 Å². The number of nitrogens with two attached hydrogens (primary N) is 1. The molecular weight excluding hydrogens is 262 g/mol. The van der Waals surface area contributed by atoms with Gasteiger partial charge in [-0.25, -0.2) is 0 Å². The van der Waals surface area contributed by atoms with Crippen molar-refractivity contribution in [2.24, 2.45) is 5.73 Å². The Labute approximate surface area is 118 Å². The summed E-state index contributed by atoms with van der Waals surface area (Å²) in [6, 6.07) is 3.72. The van der Waals surface area contributed by atoms with Gasteiger partial charge in [-0.2, -0.15) is 5.10 Å². The summed E-state index contributed by atoms with van der Waals surface area (Å²) in [4.78, 5) is 0. The minimum atomic E-state index is -0.195. The Morgan fingerprint density at radius 2 is 2.16 bits per heavy atom. The minimum absolute atomic E-state index is 0.195. The van der Waals surface area contributed by atoms with Gasteiger partial charge in [0.15, 0.2) is 0 Å². The van der Waals surface area contributed by atoms with Gasteiger partial charge in [0, 0.05) is 19.4 Å². The van der Waals surface area contributed by atoms with E-state index in [0.29, 0.717) is 11.4 Å². The lowest BCUT2D eigenvalue weighted by atomic mass is 10.1. The third-order valence-corrected chi connectivity index (χ3v) is 3.75. The fourth-order valence-corrected chi connectivity index (χ4v) is 2.37. The second-order valence-electron chi connectivity index (χ2n) is 4.63. The zero-order valence-electron chi connectivity index (χ0n) is 11.6. The van der Waals surface area contributed by atoms with Crippen molar-refractivity contribution in [2.75, 3.05) is 0 Å². The molecule has 4 nitrogen and oxygen atoms in total. The monoisotopic (exact) mass is 281 g/mol. The molecule has 2 aromatic rings. The quantitative estimate of drug-likeness (QED) is 0.915. The summed E-state index contributed by atoms with van der Waals surface area (Å²) >= 11 is 6.29. The van der Waals surface area contributed by atoms with Crippen LogP contribution in [-0.4, -0.2) is 9.78 Å². The van der Waals surface area contributed by atoms with Crippen LogP contribution in [0.3, 0.4) is 0 Å². The van der Waals surface area contributed by atoms with Gasteiger partial charge in [0.1, 0.15) is 11.5 Å². The number of aromatic nitrogens is 2. The predicted molar refractivity (Wildman–Crippen MR) is 76.4 cm³/mol. The van der Waals surface area contributed by atoms with E-state index >= 15 is 0 Å². The molecule has 2 N–H and O–H groups in total. The number of furan rings is 1. The Morgan fingerprint density at radius 1 is 1.42 bits per heavy atom. The molecule has 0 saturated carbocycles. The predicted octanol–water partition coefficient (Wildman–Crippen LogP) is 3.26. The molecule has 0 aliphatic rings. The van der Waals surface area contributed by atoms with Crippen LogP contribution in [0.4, 0.5) is 0 Å². The Balaban J connectivity index is 2.20. The van der Waals surface area contributed by atoms with Gasteiger partial charge >= 0.3 is 0 Å². The summed E-state index contributed by atoms with van der Waals surface area (Å²) in [5.74, 6) is 1.76. The van der Waals surface area contributed by atoms with Crippen molar-refractivity contribution >= 4 is 11.6 Å². The largest absolute Gasteiger partial charge is 0.464 e. The molecule has 0 spiro atoms. The summed E-state index contributed by atoms with van der Waals surface area (Å²) in [5, 5.41) is 5.10. The molecule has 1 atom stereocenters. The van der Waals surface area contributed by atoms with E-state index in [1.54, 1.807) is 0 Å². The van der Waals surface area contributed by atoms with Gasteiger partial charge in [-0.05, 0) is 26.0 Å². The molecule has 0 radical (unpaired) electrons. The van der Waals surface area contributed by atoms with Gasteiger partial charge < -0.3 is 10.2 Å². The number of hydrogen-bond acceptors (Lipinski definition) is 3. The van der Waals surface area contributed by atoms with Crippen LogP contribution in [0.2, 0.25) is 5.02 Å². The second kappa shape index (κ2) is 5.80. The first-order valence-electron chi connectivity index (χ1n) is 6.62. The maximum atomic E-state index is 6.29. The molecule has 0 saturated heterocycles. The van der Waals surface area contributed by atoms with Crippen LogP contribution >= 0.6 is 11.6 Å². The molecule has 0 aliphatic heterocycles. The minimum Gasteiger partial charge on any atom is -0.464 e. The van der Waals surface area contributed by atoms with Crippen LogP contribution in [0.5, 0.6) is 0 Å². The zero-order valence-corrected chi connectivity index (χ0v) is 12.4. The van der Waals surface area contributed by atoms with E-state index in [1.165, 1.54) is 0 Å². The topological polar surface area (TPSA) is 57.0 Å². The first kappa shape index (κ1) is 14.2. The maximum Gasteiger partial charge on any atom is 0.121 e. The molecule has 19 heavy (non-hydrogen) atoms. The van der Waals surface area contributed by atoms with Crippen LogP contribution in [0.1, 0.15) is 42.8 Å². The Kier molecular flexibility index (Phi) is 4.32. The van der Waals surface area contributed by atoms with E-state index in [2.05, 4.69) is 12.0 Å². The van der Waals surface area contributed by atoms with Crippen LogP contribution in [0.15, 0.2) is 16.5 Å². The number of halogens is 1. The molecule has 0 bridgehead atoms. The van der Waals surface area contributed by atoms with E-state index in [0.717, 1.165) is 35.9 Å². The Bertz CT molecular complexity index is 559. The first-order valence-corrected chi connectivity index (χ1v) is 7.00. The van der Waals surface area contributed by atoms with Crippen molar-refractivity contribution in [2.45, 2.75) is 46.2 Å². The normalized spacial score (nSPS) is 12.9. The highest BCUT2D eigenvalue weighted by Crippen LogP contribution is 2.26. The summed E-state index contributed by atoms with van der Waals surface area (Å²) < 4.78 is 7.59. The Hall–Kier alpha value is -1.26. The molecule has 2 heterocycles. The van der Waals surface area contributed by atoms with Crippen molar-refractivity contribution in [3.63, 3.8) is 0 Å². The van der Waals surface area contributed by atoms with Crippen molar-refractivity contribution in [1.29, 1.82) is 0 Å². The highest BCUT2D eigenvalue weighted by atomic mass is 35.5. The van der Waals surface area contributed by atoms with Gasteiger partial charge in [0.05, 0.1) is 22.5 Å². The summed E-state index contributed by atoms with van der Waals surface area (Å²) in [6.07, 6.45) is 1.50. The second-order valence-corrected chi connectivity index (χ2v) is 5.01. The fourth-order valence-electron chi connectivity index (χ4n) is 2.16. The van der Waals surface area contributed by atoms with E-state index in [-0.39, 0.29) is 6.04 Å². The van der Waals surface area contributed by atoms with Gasteiger partial charge in [0.2, 0.25) is 0 Å². The highest BCUT2D eigenvalue weighted by molar-refractivity contribution is 6.31. The number of aryl methyl sites for hydroxylation is 3. The average molecular weight is 282 g/mol. The van der Waals surface area contributed by atoms with Gasteiger partial charge in [-0.3, -0.25) is 4.68 Å². The smallest absolute Gasteiger partial charge is 0.121 e. The van der Waals surface area contributed by atoms with Gasteiger partial charge in [0.25, 0.3) is 0 Å². The lowest BCUT2D eigenvalue weighted by Gasteiger charge is -2.11. The lowest BCUT2D eigenvalue weighted by molar-refractivity contribution is 0.429. The van der Waals surface area contributed by atoms with Crippen molar-refractivity contribution < 1.29 is 4.42 Å². The Morgan fingerprint density at radius 3 is 2.74 bits per heavy atom. The van der Waals surface area contributed by atoms with Gasteiger partial charge in [-0.15, -0.1) is 0 Å². The lowest BCUT2D eigenvalue weighted by Crippen LogP contribution is -2.15. The molecule has 0 amide bonds. The molecule has 0 aromatic carbocycles. The fraction of sp³-hybridized carbons (Fsp3) is 0.500. The standard InChI is InChI=1S/C14H20ClN3O/c1-4-10-6-7-13(19-10)11(16)8-12-14(15)9(3)17-18(12)5-2/h6-7,11H,4-5,8,16H2,1-3H3. The molecule has 2 rings (SSSR count). The molecule has 5 heteroatoms. The van der Waals surface area contributed by atoms with Crippen LogP contribution in [-0.2, 0) is 19.4 Å². The van der Waals surface area contributed by atoms with E-state index in [1.807, 2.05) is 30.7 Å². The molecular formula is C14H20ClN3O. The molecule has 2 aromatic heterocycles. The third-order valence-electron chi connectivity index (χ3n) is 3.26.